The molecule has 6 unspecified atom stereocenters. The van der Waals surface area contributed by atoms with Crippen molar-refractivity contribution in [3.63, 3.8) is 0 Å². The van der Waals surface area contributed by atoms with Gasteiger partial charge in [0.05, 0.1) is 13.2 Å². The lowest BCUT2D eigenvalue weighted by Crippen LogP contribution is -2.64. The number of ether oxygens (including phenoxy) is 2. The van der Waals surface area contributed by atoms with Crippen LogP contribution < -0.4 is 0 Å². The highest BCUT2D eigenvalue weighted by Gasteiger charge is 2.51. The number of hydrogen-bond donors (Lipinski definition) is 6. The fourth-order valence-corrected chi connectivity index (χ4v) is 6.95. The van der Waals surface area contributed by atoms with Gasteiger partial charge in [0.1, 0.15) is 42.7 Å². The summed E-state index contributed by atoms with van der Waals surface area (Å²) >= 11 is 0. The van der Waals surface area contributed by atoms with Crippen molar-refractivity contribution < 1.29 is 58.3 Å². The summed E-state index contributed by atoms with van der Waals surface area (Å²) in [6, 6.07) is 0. The number of carbonyl (C=O) groups excluding carboxylic acids is 1. The predicted octanol–water partition coefficient (Wildman–Crippen LogP) is 8.75. The van der Waals surface area contributed by atoms with Gasteiger partial charge in [-0.05, 0) is 89.9 Å². The van der Waals surface area contributed by atoms with Gasteiger partial charge in [0.25, 0.3) is 0 Å². The molecule has 0 aromatic rings. The number of phosphoric ester groups is 1. The van der Waals surface area contributed by atoms with Crippen LogP contribution >= 0.6 is 7.82 Å². The van der Waals surface area contributed by atoms with Crippen molar-refractivity contribution in [3.8, 4) is 0 Å². The Labute approximate surface area is 360 Å². The van der Waals surface area contributed by atoms with E-state index < -0.39 is 63.1 Å². The first-order valence-corrected chi connectivity index (χ1v) is 23.6. The number of unbranched alkanes of at least 4 members (excludes halogenated alkanes) is 7. The number of carbonyl (C=O) groups is 1. The van der Waals surface area contributed by atoms with Crippen LogP contribution in [0.4, 0.5) is 0 Å². The molecule has 6 atom stereocenters. The fraction of sp³-hybridized carbons (Fsp3) is 0.638. The van der Waals surface area contributed by atoms with Crippen molar-refractivity contribution in [1.82, 2.24) is 0 Å². The van der Waals surface area contributed by atoms with E-state index in [9.17, 15) is 39.8 Å². The quantitative estimate of drug-likeness (QED) is 0.0154. The first-order valence-electron chi connectivity index (χ1n) is 22.1. The Bertz CT molecular complexity index is 1350. The van der Waals surface area contributed by atoms with E-state index in [0.717, 1.165) is 103 Å². The molecule has 0 heterocycles. The molecule has 0 spiro atoms. The van der Waals surface area contributed by atoms with Gasteiger partial charge in [-0.15, -0.1) is 0 Å². The van der Waals surface area contributed by atoms with Gasteiger partial charge in [0.2, 0.25) is 0 Å². The Morgan fingerprint density at radius 3 is 1.42 bits per heavy atom. The molecule has 0 aromatic heterocycles. The summed E-state index contributed by atoms with van der Waals surface area (Å²) < 4.78 is 34.1. The molecular weight excluding hydrogens is 787 g/mol. The van der Waals surface area contributed by atoms with Crippen molar-refractivity contribution in [1.29, 1.82) is 0 Å². The summed E-state index contributed by atoms with van der Waals surface area (Å²) in [4.78, 5) is 23.1. The standard InChI is InChI=1S/C47H77O12P/c1-3-5-7-9-11-13-15-17-19-20-21-23-25-27-29-31-33-35-37-56-38-40(39-57-60(54,55)59-47-45(52)43(50)42(49)44(51)46(47)53)58-41(48)36-34-32-30-28-26-24-22-18-16-14-12-10-8-6-4-2/h5-8,11-14,17-19,21-23,27,29,40,42-47,49-53H,3-4,9-10,15-16,20,24-26,28,30-39H2,1-2H3,(H,54,55)/b7-5-,8-6-,13-11-,14-12-,19-17-,22-18-,23-21-,29-27-. The molecule has 0 aliphatic heterocycles. The second kappa shape index (κ2) is 36.9. The third-order valence-electron chi connectivity index (χ3n) is 9.45. The first kappa shape index (κ1) is 55.3. The van der Waals surface area contributed by atoms with Crippen molar-refractivity contribution >= 4 is 13.8 Å². The van der Waals surface area contributed by atoms with Crippen LogP contribution in [0.1, 0.15) is 129 Å². The van der Waals surface area contributed by atoms with E-state index in [1.165, 1.54) is 0 Å². The normalized spacial score (nSPS) is 23.3. The molecule has 0 amide bonds. The molecule has 6 N–H and O–H groups in total. The van der Waals surface area contributed by atoms with Crippen LogP contribution in [-0.4, -0.2) is 98.9 Å². The van der Waals surface area contributed by atoms with Crippen molar-refractivity contribution in [2.24, 2.45) is 0 Å². The van der Waals surface area contributed by atoms with Crippen molar-refractivity contribution in [3.05, 3.63) is 97.2 Å². The van der Waals surface area contributed by atoms with Crippen molar-refractivity contribution in [2.45, 2.75) is 172 Å². The molecule has 0 radical (unpaired) electrons. The fourth-order valence-electron chi connectivity index (χ4n) is 5.98. The van der Waals surface area contributed by atoms with Gasteiger partial charge >= 0.3 is 13.8 Å². The number of esters is 1. The van der Waals surface area contributed by atoms with Crippen LogP contribution in [0.3, 0.4) is 0 Å². The molecule has 1 saturated carbocycles. The Kier molecular flexibility index (Phi) is 34.0. The van der Waals surface area contributed by atoms with Gasteiger partial charge in [-0.2, -0.15) is 0 Å². The molecule has 12 nitrogen and oxygen atoms in total. The second-order valence-electron chi connectivity index (χ2n) is 14.8. The molecule has 1 aliphatic rings. The molecule has 60 heavy (non-hydrogen) atoms. The minimum absolute atomic E-state index is 0.120. The van der Waals surface area contributed by atoms with Gasteiger partial charge in [0.15, 0.2) is 0 Å². The van der Waals surface area contributed by atoms with Gasteiger partial charge in [-0.1, -0.05) is 130 Å². The number of aliphatic hydroxyl groups is 5. The molecule has 342 valence electrons. The monoisotopic (exact) mass is 865 g/mol. The average molecular weight is 865 g/mol. The SMILES string of the molecule is CC/C=C\C/C=C\C/C=C\C/C=C\C/C=C\CCCCOCC(COP(=O)(O)OC1C(O)C(O)C(O)C(O)C1O)OC(=O)CCCCCCC/C=C\C/C=C\C/C=C\CC. The van der Waals surface area contributed by atoms with Crippen LogP contribution in [-0.2, 0) is 27.9 Å². The molecule has 1 fully saturated rings. The average Bonchev–Trinajstić information content (AvgIpc) is 3.23. The first-order chi connectivity index (χ1) is 29.0. The summed E-state index contributed by atoms with van der Waals surface area (Å²) in [5, 5.41) is 50.1. The van der Waals surface area contributed by atoms with E-state index in [4.69, 9.17) is 18.5 Å². The van der Waals surface area contributed by atoms with Gasteiger partial charge in [0, 0.05) is 13.0 Å². The maximum absolute atomic E-state index is 12.8. The van der Waals surface area contributed by atoms with E-state index in [1.807, 2.05) is 0 Å². The molecule has 0 aromatic carbocycles. The Morgan fingerprint density at radius 2 is 0.933 bits per heavy atom. The van der Waals surface area contributed by atoms with Crippen LogP contribution in [0.25, 0.3) is 0 Å². The lowest BCUT2D eigenvalue weighted by molar-refractivity contribution is -0.220. The topological polar surface area (TPSA) is 192 Å². The number of hydrogen-bond acceptors (Lipinski definition) is 11. The maximum atomic E-state index is 12.8. The number of rotatable bonds is 35. The van der Waals surface area contributed by atoms with Gasteiger partial charge in [-0.25, -0.2) is 4.57 Å². The highest BCUT2D eigenvalue weighted by atomic mass is 31.2. The highest BCUT2D eigenvalue weighted by Crippen LogP contribution is 2.47. The summed E-state index contributed by atoms with van der Waals surface area (Å²) in [6.07, 6.45) is 37.7. The minimum atomic E-state index is -5.04. The van der Waals surface area contributed by atoms with Crippen LogP contribution in [0.15, 0.2) is 97.2 Å². The Morgan fingerprint density at radius 1 is 0.533 bits per heavy atom. The number of aliphatic hydroxyl groups excluding tert-OH is 5. The summed E-state index contributed by atoms with van der Waals surface area (Å²) in [5.74, 6) is -0.515. The molecule has 13 heteroatoms. The van der Waals surface area contributed by atoms with E-state index in [0.29, 0.717) is 13.0 Å². The molecule has 0 saturated heterocycles. The lowest BCUT2D eigenvalue weighted by Gasteiger charge is -2.41. The number of allylic oxidation sites excluding steroid dienone is 16. The zero-order valence-electron chi connectivity index (χ0n) is 36.2. The Balaban J connectivity index is 2.48. The third kappa shape index (κ3) is 28.7. The van der Waals surface area contributed by atoms with Crippen LogP contribution in [0, 0.1) is 0 Å². The van der Waals surface area contributed by atoms with Crippen LogP contribution in [0.2, 0.25) is 0 Å². The van der Waals surface area contributed by atoms with E-state index >= 15 is 0 Å². The second-order valence-corrected chi connectivity index (χ2v) is 16.2. The minimum Gasteiger partial charge on any atom is -0.457 e. The Hall–Kier alpha value is -2.74. The molecule has 0 bridgehead atoms. The molecular formula is C47H77O12P. The summed E-state index contributed by atoms with van der Waals surface area (Å²) in [7, 11) is -5.04. The van der Waals surface area contributed by atoms with E-state index in [-0.39, 0.29) is 13.0 Å². The lowest BCUT2D eigenvalue weighted by atomic mass is 9.85. The van der Waals surface area contributed by atoms with Crippen LogP contribution in [0.5, 0.6) is 0 Å². The predicted molar refractivity (Wildman–Crippen MR) is 239 cm³/mol. The molecule has 1 rings (SSSR count). The summed E-state index contributed by atoms with van der Waals surface area (Å²) in [6.45, 7) is 3.88. The largest absolute Gasteiger partial charge is 0.472 e. The van der Waals surface area contributed by atoms with E-state index in [2.05, 4.69) is 111 Å². The zero-order chi connectivity index (χ0) is 44.1. The summed E-state index contributed by atoms with van der Waals surface area (Å²) in [5.41, 5.74) is 0. The highest BCUT2D eigenvalue weighted by molar-refractivity contribution is 7.47. The molecule has 1 aliphatic carbocycles. The maximum Gasteiger partial charge on any atom is 0.472 e. The van der Waals surface area contributed by atoms with Gasteiger partial charge < -0.3 is 39.9 Å². The van der Waals surface area contributed by atoms with Crippen molar-refractivity contribution in [2.75, 3.05) is 19.8 Å². The third-order valence-corrected chi connectivity index (χ3v) is 10.4. The number of phosphoric acid groups is 1. The van der Waals surface area contributed by atoms with Gasteiger partial charge in [-0.3, -0.25) is 13.8 Å². The smallest absolute Gasteiger partial charge is 0.457 e. The zero-order valence-corrected chi connectivity index (χ0v) is 37.1. The van der Waals surface area contributed by atoms with E-state index in [1.54, 1.807) is 0 Å².